The van der Waals surface area contributed by atoms with Gasteiger partial charge in [-0.3, -0.25) is 0 Å². The number of ether oxygens (including phenoxy) is 2. The van der Waals surface area contributed by atoms with Gasteiger partial charge in [-0.25, -0.2) is 4.79 Å². The fourth-order valence-corrected chi connectivity index (χ4v) is 2.03. The molecule has 0 amide bonds. The van der Waals surface area contributed by atoms with Crippen molar-refractivity contribution in [3.8, 4) is 0 Å². The van der Waals surface area contributed by atoms with Gasteiger partial charge in [0.2, 0.25) is 0 Å². The molecular weight excluding hydrogens is 698 g/mol. The molecular formula is C13F26O3. The molecule has 0 heterocycles. The van der Waals surface area contributed by atoms with Crippen LogP contribution in [0.4, 0.5) is 119 Å². The third-order valence-electron chi connectivity index (χ3n) is 4.28. The normalized spacial score (nSPS) is 18.7. The molecule has 0 saturated heterocycles. The van der Waals surface area contributed by atoms with E-state index in [-0.39, 0.29) is 0 Å². The average Bonchev–Trinajstić information content (AvgIpc) is 2.69. The van der Waals surface area contributed by atoms with E-state index in [2.05, 4.69) is 0 Å². The van der Waals surface area contributed by atoms with Crippen molar-refractivity contribution in [2.75, 3.05) is 0 Å². The Morgan fingerprint density at radius 1 is 0.286 bits per heavy atom. The zero-order valence-electron chi connectivity index (χ0n) is 17.6. The Morgan fingerprint density at radius 3 is 0.595 bits per heavy atom. The zero-order chi connectivity index (χ0) is 35.0. The Bertz CT molecular complexity index is 919. The van der Waals surface area contributed by atoms with E-state index >= 15 is 0 Å². The number of carbonyl (C=O) groups is 1. The summed E-state index contributed by atoms with van der Waals surface area (Å²) in [4.78, 5) is 11.0. The summed E-state index contributed by atoms with van der Waals surface area (Å²) in [7, 11) is 0. The van der Waals surface area contributed by atoms with E-state index in [1.807, 2.05) is 0 Å². The van der Waals surface area contributed by atoms with Crippen LogP contribution < -0.4 is 0 Å². The standard InChI is InChI=1S/C13F26O3/c14-2(15,4(18,19)10(28,29)30)8(26,6(22,23)12(34,35)36)41-1(40)42-9(27,7(24,25)13(37,38)39)3(16,17)5(20,21)11(31,32)33. The van der Waals surface area contributed by atoms with Gasteiger partial charge in [-0.05, 0) is 0 Å². The fourth-order valence-electron chi connectivity index (χ4n) is 2.03. The first kappa shape index (κ1) is 39.5. The largest absolute Gasteiger partial charge is 0.514 e. The summed E-state index contributed by atoms with van der Waals surface area (Å²) in [5.41, 5.74) is 0. The highest BCUT2D eigenvalue weighted by Gasteiger charge is 2.95. The quantitative estimate of drug-likeness (QED) is 0.189. The van der Waals surface area contributed by atoms with Crippen molar-refractivity contribution in [3.05, 3.63) is 0 Å². The lowest BCUT2D eigenvalue weighted by atomic mass is 9.95. The van der Waals surface area contributed by atoms with Crippen LogP contribution in [0.5, 0.6) is 0 Å². The van der Waals surface area contributed by atoms with Gasteiger partial charge < -0.3 is 9.47 Å². The lowest BCUT2D eigenvalue weighted by molar-refractivity contribution is -0.481. The number of carbonyl (C=O) groups excluding carboxylic acids is 1. The summed E-state index contributed by atoms with van der Waals surface area (Å²) in [5, 5.41) is 0. The van der Waals surface area contributed by atoms with Crippen LogP contribution >= 0.6 is 0 Å². The molecule has 0 bridgehead atoms. The summed E-state index contributed by atoms with van der Waals surface area (Å²) < 4.78 is 338. The van der Waals surface area contributed by atoms with Crippen molar-refractivity contribution < 1.29 is 128 Å². The van der Waals surface area contributed by atoms with E-state index in [1.165, 1.54) is 9.47 Å². The highest BCUT2D eigenvalue weighted by Crippen LogP contribution is 2.63. The van der Waals surface area contributed by atoms with Crippen LogP contribution in [0.15, 0.2) is 0 Å². The van der Waals surface area contributed by atoms with E-state index in [0.717, 1.165) is 0 Å². The Balaban J connectivity index is 7.62. The minimum atomic E-state index is -9.07. The highest BCUT2D eigenvalue weighted by atomic mass is 19.5. The van der Waals surface area contributed by atoms with E-state index < -0.39 is 78.1 Å². The maximum Gasteiger partial charge on any atom is 0.514 e. The predicted octanol–water partition coefficient (Wildman–Crippen LogP) is 8.53. The zero-order valence-corrected chi connectivity index (χ0v) is 17.6. The Morgan fingerprint density at radius 2 is 0.452 bits per heavy atom. The smallest absolute Gasteiger partial charge is 0.384 e. The summed E-state index contributed by atoms with van der Waals surface area (Å²) in [6, 6.07) is 0. The predicted molar refractivity (Wildman–Crippen MR) is 69.1 cm³/mol. The molecule has 0 radical (unpaired) electrons. The van der Waals surface area contributed by atoms with Crippen molar-refractivity contribution in [2.24, 2.45) is 0 Å². The average molecular weight is 698 g/mol. The third-order valence-corrected chi connectivity index (χ3v) is 4.28. The Hall–Kier alpha value is -2.55. The summed E-state index contributed by atoms with van der Waals surface area (Å²) >= 11 is 0. The molecule has 0 N–H and O–H groups in total. The Labute approximate surface area is 208 Å². The van der Waals surface area contributed by atoms with Crippen LogP contribution in [-0.2, 0) is 9.47 Å². The molecule has 2 unspecified atom stereocenters. The van der Waals surface area contributed by atoms with Crippen LogP contribution in [0, 0.1) is 0 Å². The molecule has 3 nitrogen and oxygen atoms in total. The lowest BCUT2D eigenvalue weighted by Gasteiger charge is -2.43. The highest BCUT2D eigenvalue weighted by molar-refractivity contribution is 5.62. The second-order valence-electron chi connectivity index (χ2n) is 7.08. The van der Waals surface area contributed by atoms with Crippen molar-refractivity contribution in [1.82, 2.24) is 0 Å². The monoisotopic (exact) mass is 698 g/mol. The molecule has 0 rings (SSSR count). The Kier molecular flexibility index (Phi) is 9.14. The van der Waals surface area contributed by atoms with Crippen molar-refractivity contribution in [3.63, 3.8) is 0 Å². The molecule has 0 aliphatic heterocycles. The molecule has 0 spiro atoms. The van der Waals surface area contributed by atoms with Gasteiger partial charge in [0.1, 0.15) is 0 Å². The number of hydrogen-bond acceptors (Lipinski definition) is 3. The maximum absolute atomic E-state index is 14.2. The third kappa shape index (κ3) is 5.24. The van der Waals surface area contributed by atoms with Gasteiger partial charge in [-0.1, -0.05) is 0 Å². The molecule has 29 heteroatoms. The first-order chi connectivity index (χ1) is 17.6. The number of hydrogen-bond donors (Lipinski definition) is 0. The van der Waals surface area contributed by atoms with Gasteiger partial charge in [0.15, 0.2) is 0 Å². The van der Waals surface area contributed by atoms with Gasteiger partial charge in [0.25, 0.3) is 0 Å². The van der Waals surface area contributed by atoms with Crippen LogP contribution in [0.1, 0.15) is 0 Å². The number of alkyl halides is 26. The molecule has 0 aliphatic carbocycles. The first-order valence-corrected chi connectivity index (χ1v) is 8.43. The van der Waals surface area contributed by atoms with Crippen LogP contribution in [0.2, 0.25) is 0 Å². The molecule has 0 aromatic carbocycles. The topological polar surface area (TPSA) is 35.5 Å². The van der Waals surface area contributed by atoms with Gasteiger partial charge in [-0.15, -0.1) is 0 Å². The summed E-state index contributed by atoms with van der Waals surface area (Å²) in [5.74, 6) is -71.2. The second kappa shape index (κ2) is 9.73. The van der Waals surface area contributed by atoms with Crippen LogP contribution in [-0.4, -0.2) is 78.1 Å². The molecule has 0 aromatic heterocycles. The number of rotatable bonds is 8. The summed E-state index contributed by atoms with van der Waals surface area (Å²) in [6.07, 6.45) is -38.9. The van der Waals surface area contributed by atoms with Gasteiger partial charge in [0.05, 0.1) is 0 Å². The SMILES string of the molecule is O=C(OC(F)(C(F)(F)C(F)(F)F)C(F)(F)C(F)(F)C(F)(F)F)OC(F)(C(F)(F)C(F)(F)F)C(F)(F)C(F)(F)C(F)(F)F. The molecule has 252 valence electrons. The van der Waals surface area contributed by atoms with Crippen LogP contribution in [0.25, 0.3) is 0 Å². The van der Waals surface area contributed by atoms with Gasteiger partial charge in [-0.2, -0.15) is 114 Å². The van der Waals surface area contributed by atoms with Crippen LogP contribution in [0.3, 0.4) is 0 Å². The first-order valence-electron chi connectivity index (χ1n) is 8.43. The minimum absolute atomic E-state index is 1.24. The second-order valence-corrected chi connectivity index (χ2v) is 7.08. The van der Waals surface area contributed by atoms with Gasteiger partial charge >= 0.3 is 78.1 Å². The van der Waals surface area contributed by atoms with Gasteiger partial charge in [0, 0.05) is 0 Å². The maximum atomic E-state index is 14.2. The molecule has 0 saturated carbocycles. The minimum Gasteiger partial charge on any atom is -0.384 e. The van der Waals surface area contributed by atoms with E-state index in [4.69, 9.17) is 0 Å². The van der Waals surface area contributed by atoms with Crippen molar-refractivity contribution in [1.29, 1.82) is 0 Å². The molecule has 42 heavy (non-hydrogen) atoms. The van der Waals surface area contributed by atoms with Crippen molar-refractivity contribution >= 4 is 6.16 Å². The number of halogens is 26. The molecule has 2 atom stereocenters. The van der Waals surface area contributed by atoms with E-state index in [1.54, 1.807) is 0 Å². The molecule has 0 fully saturated rings. The van der Waals surface area contributed by atoms with E-state index in [9.17, 15) is 119 Å². The van der Waals surface area contributed by atoms with E-state index in [0.29, 0.717) is 0 Å². The lowest BCUT2D eigenvalue weighted by Crippen LogP contribution is -2.74. The van der Waals surface area contributed by atoms with Crippen molar-refractivity contribution in [2.45, 2.75) is 72.0 Å². The molecule has 0 aromatic rings. The summed E-state index contributed by atoms with van der Waals surface area (Å²) in [6.45, 7) is 0. The fraction of sp³-hybridized carbons (Fsp3) is 0.923. The molecule has 0 aliphatic rings.